The Morgan fingerprint density at radius 2 is 2.04 bits per heavy atom. The van der Waals surface area contributed by atoms with E-state index >= 15 is 0 Å². The van der Waals surface area contributed by atoms with E-state index in [1.807, 2.05) is 29.3 Å². The molecule has 0 aromatic carbocycles. The Hall–Kier alpha value is -2.70. The first-order valence-electron chi connectivity index (χ1n) is 7.68. The third-order valence-electron chi connectivity index (χ3n) is 3.85. The summed E-state index contributed by atoms with van der Waals surface area (Å²) in [4.78, 5) is 28.3. The van der Waals surface area contributed by atoms with E-state index in [4.69, 9.17) is 0 Å². The highest BCUT2D eigenvalue weighted by atomic mass is 16.2. The van der Waals surface area contributed by atoms with Crippen LogP contribution in [0.4, 0.5) is 11.8 Å². The Balaban J connectivity index is 1.60. The van der Waals surface area contributed by atoms with Gasteiger partial charge in [0, 0.05) is 58.2 Å². The van der Waals surface area contributed by atoms with Crippen LogP contribution >= 0.6 is 0 Å². The molecule has 23 heavy (non-hydrogen) atoms. The molecule has 1 aliphatic heterocycles. The van der Waals surface area contributed by atoms with Crippen molar-refractivity contribution in [3.63, 3.8) is 0 Å². The summed E-state index contributed by atoms with van der Waals surface area (Å²) < 4.78 is 0. The van der Waals surface area contributed by atoms with Gasteiger partial charge in [0.1, 0.15) is 5.82 Å². The van der Waals surface area contributed by atoms with Crippen molar-refractivity contribution in [2.45, 2.75) is 13.5 Å². The molecule has 1 fully saturated rings. The Morgan fingerprint density at radius 1 is 1.22 bits per heavy atom. The minimum Gasteiger partial charge on any atom is -0.366 e. The molecule has 0 unspecified atom stereocenters. The summed E-state index contributed by atoms with van der Waals surface area (Å²) in [5.41, 5.74) is 1.10. The van der Waals surface area contributed by atoms with Crippen molar-refractivity contribution in [3.8, 4) is 0 Å². The largest absolute Gasteiger partial charge is 0.366 e. The molecule has 1 amide bonds. The highest BCUT2D eigenvalue weighted by molar-refractivity contribution is 5.73. The summed E-state index contributed by atoms with van der Waals surface area (Å²) in [6.45, 7) is 5.22. The van der Waals surface area contributed by atoms with Crippen LogP contribution in [0, 0.1) is 0 Å². The highest BCUT2D eigenvalue weighted by Gasteiger charge is 2.20. The lowest BCUT2D eigenvalue weighted by Gasteiger charge is -2.34. The maximum absolute atomic E-state index is 11.4. The number of hydrogen-bond donors (Lipinski definition) is 1. The van der Waals surface area contributed by atoms with E-state index in [0.29, 0.717) is 25.6 Å². The Labute approximate surface area is 135 Å². The molecule has 1 N–H and O–H groups in total. The molecule has 1 saturated heterocycles. The van der Waals surface area contributed by atoms with Crippen LogP contribution in [0.3, 0.4) is 0 Å². The monoisotopic (exact) mass is 312 g/mol. The average molecular weight is 312 g/mol. The molecule has 0 spiro atoms. The van der Waals surface area contributed by atoms with Gasteiger partial charge in [-0.3, -0.25) is 9.78 Å². The molecule has 2 aromatic heterocycles. The standard InChI is InChI=1S/C16H20N6O/c1-13(23)21-7-9-22(10-8-21)16-18-6-4-15(20-16)19-12-14-3-2-5-17-11-14/h2-6,11H,7-10,12H2,1H3,(H,18,19,20). The minimum absolute atomic E-state index is 0.123. The molecular formula is C16H20N6O. The summed E-state index contributed by atoms with van der Waals surface area (Å²) in [7, 11) is 0. The van der Waals surface area contributed by atoms with Crippen molar-refractivity contribution in [2.24, 2.45) is 0 Å². The maximum Gasteiger partial charge on any atom is 0.227 e. The van der Waals surface area contributed by atoms with Crippen molar-refractivity contribution in [1.29, 1.82) is 0 Å². The van der Waals surface area contributed by atoms with E-state index in [1.165, 1.54) is 0 Å². The summed E-state index contributed by atoms with van der Waals surface area (Å²) in [6, 6.07) is 5.78. The van der Waals surface area contributed by atoms with E-state index in [-0.39, 0.29) is 5.91 Å². The second-order valence-corrected chi connectivity index (χ2v) is 5.45. The fourth-order valence-corrected chi connectivity index (χ4v) is 2.52. The Morgan fingerprint density at radius 3 is 2.74 bits per heavy atom. The van der Waals surface area contributed by atoms with Gasteiger partial charge in [0.2, 0.25) is 11.9 Å². The van der Waals surface area contributed by atoms with Crippen molar-refractivity contribution in [1.82, 2.24) is 19.9 Å². The zero-order valence-corrected chi connectivity index (χ0v) is 13.1. The lowest BCUT2D eigenvalue weighted by molar-refractivity contribution is -0.129. The van der Waals surface area contributed by atoms with Crippen LogP contribution < -0.4 is 10.2 Å². The quantitative estimate of drug-likeness (QED) is 0.913. The van der Waals surface area contributed by atoms with Crippen LogP contribution in [0.25, 0.3) is 0 Å². The molecule has 3 rings (SSSR count). The number of rotatable bonds is 4. The van der Waals surface area contributed by atoms with Crippen LogP contribution in [0.5, 0.6) is 0 Å². The summed E-state index contributed by atoms with van der Waals surface area (Å²) >= 11 is 0. The molecule has 120 valence electrons. The minimum atomic E-state index is 0.123. The van der Waals surface area contributed by atoms with Gasteiger partial charge < -0.3 is 15.1 Å². The molecule has 7 nitrogen and oxygen atoms in total. The van der Waals surface area contributed by atoms with Gasteiger partial charge in [0.05, 0.1) is 0 Å². The van der Waals surface area contributed by atoms with Crippen LogP contribution in [0.15, 0.2) is 36.8 Å². The molecule has 1 aliphatic rings. The number of anilines is 2. The van der Waals surface area contributed by atoms with Gasteiger partial charge in [0.25, 0.3) is 0 Å². The van der Waals surface area contributed by atoms with Gasteiger partial charge in [-0.25, -0.2) is 4.98 Å². The smallest absolute Gasteiger partial charge is 0.227 e. The van der Waals surface area contributed by atoms with Gasteiger partial charge in [-0.1, -0.05) is 6.07 Å². The van der Waals surface area contributed by atoms with Crippen LogP contribution in [-0.4, -0.2) is 51.9 Å². The fraction of sp³-hybridized carbons (Fsp3) is 0.375. The molecular weight excluding hydrogens is 292 g/mol. The van der Waals surface area contributed by atoms with E-state index in [0.717, 1.165) is 24.5 Å². The van der Waals surface area contributed by atoms with E-state index in [1.54, 1.807) is 19.3 Å². The first kappa shape index (κ1) is 15.2. The lowest BCUT2D eigenvalue weighted by Crippen LogP contribution is -2.48. The number of amides is 1. The maximum atomic E-state index is 11.4. The normalized spacial score (nSPS) is 14.7. The van der Waals surface area contributed by atoms with Crippen molar-refractivity contribution < 1.29 is 4.79 Å². The summed E-state index contributed by atoms with van der Waals surface area (Å²) in [5, 5.41) is 3.29. The zero-order valence-electron chi connectivity index (χ0n) is 13.1. The topological polar surface area (TPSA) is 74.2 Å². The molecule has 0 atom stereocenters. The van der Waals surface area contributed by atoms with Gasteiger partial charge in [-0.05, 0) is 17.7 Å². The van der Waals surface area contributed by atoms with Crippen LogP contribution in [0.2, 0.25) is 0 Å². The second kappa shape index (κ2) is 7.04. The second-order valence-electron chi connectivity index (χ2n) is 5.45. The molecule has 0 aliphatic carbocycles. The lowest BCUT2D eigenvalue weighted by atomic mass is 10.3. The fourth-order valence-electron chi connectivity index (χ4n) is 2.52. The predicted octanol–water partition coefficient (Wildman–Crippen LogP) is 1.15. The molecule has 0 radical (unpaired) electrons. The van der Waals surface area contributed by atoms with Gasteiger partial charge in [0.15, 0.2) is 0 Å². The van der Waals surface area contributed by atoms with E-state index in [2.05, 4.69) is 25.2 Å². The number of piperazine rings is 1. The summed E-state index contributed by atoms with van der Waals surface area (Å²) in [6.07, 6.45) is 5.34. The third kappa shape index (κ3) is 3.94. The Kier molecular flexibility index (Phi) is 4.65. The zero-order chi connectivity index (χ0) is 16.1. The first-order chi connectivity index (χ1) is 11.2. The summed E-state index contributed by atoms with van der Waals surface area (Å²) in [5.74, 6) is 1.61. The number of nitrogens with one attached hydrogen (secondary N) is 1. The number of carbonyl (C=O) groups is 1. The number of pyridine rings is 1. The third-order valence-corrected chi connectivity index (χ3v) is 3.85. The van der Waals surface area contributed by atoms with Crippen molar-refractivity contribution in [2.75, 3.05) is 36.4 Å². The van der Waals surface area contributed by atoms with Crippen LogP contribution in [-0.2, 0) is 11.3 Å². The number of carbonyl (C=O) groups excluding carboxylic acids is 1. The number of hydrogen-bond acceptors (Lipinski definition) is 6. The molecule has 0 saturated carbocycles. The molecule has 2 aromatic rings. The number of aromatic nitrogens is 3. The predicted molar refractivity (Wildman–Crippen MR) is 88.1 cm³/mol. The SMILES string of the molecule is CC(=O)N1CCN(c2nccc(NCc3cccnc3)n2)CC1. The van der Waals surface area contributed by atoms with Crippen molar-refractivity contribution >= 4 is 17.7 Å². The van der Waals surface area contributed by atoms with Crippen molar-refractivity contribution in [3.05, 3.63) is 42.4 Å². The van der Waals surface area contributed by atoms with Gasteiger partial charge in [-0.15, -0.1) is 0 Å². The molecule has 3 heterocycles. The van der Waals surface area contributed by atoms with Gasteiger partial charge >= 0.3 is 0 Å². The molecule has 7 heteroatoms. The van der Waals surface area contributed by atoms with E-state index in [9.17, 15) is 4.79 Å². The highest BCUT2D eigenvalue weighted by Crippen LogP contribution is 2.14. The van der Waals surface area contributed by atoms with Crippen LogP contribution in [0.1, 0.15) is 12.5 Å². The molecule has 0 bridgehead atoms. The van der Waals surface area contributed by atoms with E-state index < -0.39 is 0 Å². The van der Waals surface area contributed by atoms with Gasteiger partial charge in [-0.2, -0.15) is 4.98 Å². The Bertz CT molecular complexity index is 655. The number of nitrogens with zero attached hydrogens (tertiary/aromatic N) is 5. The average Bonchev–Trinajstić information content (AvgIpc) is 2.61. The first-order valence-corrected chi connectivity index (χ1v) is 7.68.